The van der Waals surface area contributed by atoms with Crippen molar-refractivity contribution in [3.63, 3.8) is 0 Å². The normalized spacial score (nSPS) is 10.5. The van der Waals surface area contributed by atoms with Crippen LogP contribution in [0.1, 0.15) is 0 Å². The second kappa shape index (κ2) is 3.85. The summed E-state index contributed by atoms with van der Waals surface area (Å²) in [5.41, 5.74) is 5.40. The second-order valence-electron chi connectivity index (χ2n) is 3.56. The predicted octanol–water partition coefficient (Wildman–Crippen LogP) is -0.719. The third-order valence-electron chi connectivity index (χ3n) is 2.33. The summed E-state index contributed by atoms with van der Waals surface area (Å²) in [4.78, 5) is 22.6. The summed E-state index contributed by atoms with van der Waals surface area (Å²) in [6.45, 7) is -0.112. The number of nitrogens with two attached hydrogens (primary N) is 1. The van der Waals surface area contributed by atoms with Gasteiger partial charge in [0.05, 0.1) is 0 Å². The molecule has 0 unspecified atom stereocenters. The van der Waals surface area contributed by atoms with Crippen molar-refractivity contribution >= 4 is 30.0 Å². The van der Waals surface area contributed by atoms with Gasteiger partial charge in [0.15, 0.2) is 0 Å². The fraction of sp³-hybridized carbons (Fsp3) is 0.0909. The van der Waals surface area contributed by atoms with Crippen LogP contribution in [0.2, 0.25) is 0 Å². The van der Waals surface area contributed by atoms with Gasteiger partial charge in [-0.3, -0.25) is 9.59 Å². The van der Waals surface area contributed by atoms with Gasteiger partial charge in [0.25, 0.3) is 5.56 Å². The van der Waals surface area contributed by atoms with Gasteiger partial charge < -0.3 is 10.3 Å². The number of hydrogen-bond donors (Lipinski definition) is 1. The van der Waals surface area contributed by atoms with Crippen LogP contribution in [0, 0.1) is 0 Å². The molecule has 4 nitrogen and oxygen atoms in total. The number of amides is 1. The quantitative estimate of drug-likeness (QED) is 0.667. The Bertz CT molecular complexity index is 619. The van der Waals surface area contributed by atoms with E-state index in [0.29, 0.717) is 10.8 Å². The van der Waals surface area contributed by atoms with Gasteiger partial charge in [0, 0.05) is 11.6 Å². The lowest BCUT2D eigenvalue weighted by molar-refractivity contribution is -0.118. The zero-order valence-electron chi connectivity index (χ0n) is 8.51. The molecule has 5 heteroatoms. The fourth-order valence-corrected chi connectivity index (χ4v) is 1.60. The third-order valence-corrected chi connectivity index (χ3v) is 2.33. The number of pyridine rings is 1. The summed E-state index contributed by atoms with van der Waals surface area (Å²) in [6.07, 6.45) is 1.54. The molecule has 16 heavy (non-hydrogen) atoms. The Labute approximate surface area is 93.1 Å². The molecule has 0 fully saturated rings. The molecular weight excluding hydrogens is 203 g/mol. The number of fused-ring (bicyclic) bond motifs is 1. The first-order valence-electron chi connectivity index (χ1n) is 4.75. The first kappa shape index (κ1) is 10.5. The van der Waals surface area contributed by atoms with E-state index in [1.54, 1.807) is 24.3 Å². The topological polar surface area (TPSA) is 65.1 Å². The molecule has 0 saturated carbocycles. The Hall–Kier alpha value is -2.04. The summed E-state index contributed by atoms with van der Waals surface area (Å²) in [5.74, 6) is -0.545. The number of primary amides is 1. The van der Waals surface area contributed by atoms with Crippen molar-refractivity contribution in [2.75, 3.05) is 0 Å². The molecule has 2 N–H and O–H groups in total. The van der Waals surface area contributed by atoms with E-state index in [-0.39, 0.29) is 12.1 Å². The van der Waals surface area contributed by atoms with Crippen molar-refractivity contribution in [3.8, 4) is 0 Å². The molecular formula is C11H9BN2O2. The summed E-state index contributed by atoms with van der Waals surface area (Å²) in [5, 5.41) is 1.28. The molecule has 2 radical (unpaired) electrons. The standard InChI is InChI=1S/C11H9BN2O2/c12-8-1-2-9-7(5-8)3-4-14(11(9)16)6-10(13)15/h1-5H,6H2,(H2,13,15). The Morgan fingerprint density at radius 1 is 1.38 bits per heavy atom. The third kappa shape index (κ3) is 1.84. The molecule has 1 amide bonds. The molecule has 0 bridgehead atoms. The largest absolute Gasteiger partial charge is 0.368 e. The van der Waals surface area contributed by atoms with Crippen molar-refractivity contribution < 1.29 is 4.79 Å². The van der Waals surface area contributed by atoms with Gasteiger partial charge in [-0.25, -0.2) is 0 Å². The molecule has 0 saturated heterocycles. The van der Waals surface area contributed by atoms with Crippen LogP contribution in [0.5, 0.6) is 0 Å². The SMILES string of the molecule is [B]c1ccc2c(=O)n(CC(N)=O)ccc2c1. The van der Waals surface area contributed by atoms with Crippen LogP contribution in [0.3, 0.4) is 0 Å². The number of carbonyl (C=O) groups is 1. The van der Waals surface area contributed by atoms with Crippen LogP contribution in [0.15, 0.2) is 35.3 Å². The van der Waals surface area contributed by atoms with Gasteiger partial charge in [-0.2, -0.15) is 0 Å². The van der Waals surface area contributed by atoms with Crippen molar-refractivity contribution in [2.24, 2.45) is 5.73 Å². The van der Waals surface area contributed by atoms with Gasteiger partial charge in [0.1, 0.15) is 14.4 Å². The van der Waals surface area contributed by atoms with E-state index in [4.69, 9.17) is 13.6 Å². The number of hydrogen-bond acceptors (Lipinski definition) is 2. The molecule has 0 spiro atoms. The zero-order valence-corrected chi connectivity index (χ0v) is 8.51. The molecule has 2 aromatic rings. The number of benzene rings is 1. The van der Waals surface area contributed by atoms with E-state index in [0.717, 1.165) is 5.39 Å². The van der Waals surface area contributed by atoms with Crippen LogP contribution in [-0.2, 0) is 11.3 Å². The Balaban J connectivity index is 2.66. The highest BCUT2D eigenvalue weighted by Gasteiger charge is 2.04. The highest BCUT2D eigenvalue weighted by Crippen LogP contribution is 2.06. The van der Waals surface area contributed by atoms with E-state index in [2.05, 4.69) is 0 Å². The molecule has 2 rings (SSSR count). The van der Waals surface area contributed by atoms with E-state index in [1.807, 2.05) is 0 Å². The minimum Gasteiger partial charge on any atom is -0.368 e. The van der Waals surface area contributed by atoms with Gasteiger partial charge in [0.2, 0.25) is 5.91 Å². The lowest BCUT2D eigenvalue weighted by Gasteiger charge is -2.05. The first-order chi connectivity index (χ1) is 7.58. The maximum Gasteiger partial charge on any atom is 0.258 e. The maximum atomic E-state index is 11.9. The number of nitrogens with zero attached hydrogens (tertiary/aromatic N) is 1. The average Bonchev–Trinajstić information content (AvgIpc) is 2.22. The second-order valence-corrected chi connectivity index (χ2v) is 3.56. The average molecular weight is 212 g/mol. The summed E-state index contributed by atoms with van der Waals surface area (Å²) < 4.78 is 1.28. The molecule has 78 valence electrons. The van der Waals surface area contributed by atoms with Crippen LogP contribution in [-0.4, -0.2) is 18.3 Å². The van der Waals surface area contributed by atoms with E-state index in [1.165, 1.54) is 10.8 Å². The minimum absolute atomic E-state index is 0.112. The van der Waals surface area contributed by atoms with Crippen LogP contribution in [0.25, 0.3) is 10.8 Å². The van der Waals surface area contributed by atoms with Gasteiger partial charge in [-0.05, 0) is 17.5 Å². The first-order valence-corrected chi connectivity index (χ1v) is 4.75. The summed E-state index contributed by atoms with van der Waals surface area (Å²) in [6, 6.07) is 6.74. The van der Waals surface area contributed by atoms with Crippen LogP contribution < -0.4 is 16.8 Å². The van der Waals surface area contributed by atoms with E-state index in [9.17, 15) is 9.59 Å². The number of carbonyl (C=O) groups excluding carboxylic acids is 1. The van der Waals surface area contributed by atoms with Crippen LogP contribution >= 0.6 is 0 Å². The van der Waals surface area contributed by atoms with Gasteiger partial charge in [-0.15, -0.1) is 0 Å². The molecule has 1 heterocycles. The molecule has 0 aliphatic rings. The zero-order chi connectivity index (χ0) is 11.7. The lowest BCUT2D eigenvalue weighted by Crippen LogP contribution is -2.27. The molecule has 0 atom stereocenters. The van der Waals surface area contributed by atoms with E-state index < -0.39 is 5.91 Å². The van der Waals surface area contributed by atoms with E-state index >= 15 is 0 Å². The van der Waals surface area contributed by atoms with Gasteiger partial charge >= 0.3 is 0 Å². The van der Waals surface area contributed by atoms with Crippen molar-refractivity contribution in [1.29, 1.82) is 0 Å². The minimum atomic E-state index is -0.545. The molecule has 1 aromatic heterocycles. The molecule has 0 aliphatic heterocycles. The number of rotatable bonds is 2. The summed E-state index contributed by atoms with van der Waals surface area (Å²) in [7, 11) is 5.61. The van der Waals surface area contributed by atoms with Crippen LogP contribution in [0.4, 0.5) is 0 Å². The van der Waals surface area contributed by atoms with Crippen molar-refractivity contribution in [2.45, 2.75) is 6.54 Å². The lowest BCUT2D eigenvalue weighted by atomic mass is 9.94. The van der Waals surface area contributed by atoms with Gasteiger partial charge in [-0.1, -0.05) is 17.6 Å². The van der Waals surface area contributed by atoms with Crippen molar-refractivity contribution in [3.05, 3.63) is 40.8 Å². The Kier molecular flexibility index (Phi) is 2.52. The fourth-order valence-electron chi connectivity index (χ4n) is 1.60. The predicted molar refractivity (Wildman–Crippen MR) is 62.8 cm³/mol. The highest BCUT2D eigenvalue weighted by molar-refractivity contribution is 6.33. The summed E-state index contributed by atoms with van der Waals surface area (Å²) >= 11 is 0. The monoisotopic (exact) mass is 212 g/mol. The van der Waals surface area contributed by atoms with Crippen molar-refractivity contribution in [1.82, 2.24) is 4.57 Å². The highest BCUT2D eigenvalue weighted by atomic mass is 16.2. The Morgan fingerprint density at radius 2 is 2.12 bits per heavy atom. The number of aromatic nitrogens is 1. The Morgan fingerprint density at radius 3 is 2.81 bits per heavy atom. The smallest absolute Gasteiger partial charge is 0.258 e. The maximum absolute atomic E-state index is 11.9. The molecule has 1 aromatic carbocycles. The molecule has 0 aliphatic carbocycles.